The van der Waals surface area contributed by atoms with Gasteiger partial charge >= 0.3 is 0 Å². The van der Waals surface area contributed by atoms with E-state index >= 15 is 0 Å². The second-order valence-corrected chi connectivity index (χ2v) is 7.97. The third kappa shape index (κ3) is 15.7. The molecule has 0 aliphatic heterocycles. The molecular formula is C22H46O6. The first-order valence-electron chi connectivity index (χ1n) is 11.4. The fourth-order valence-electron chi connectivity index (χ4n) is 3.26. The summed E-state index contributed by atoms with van der Waals surface area (Å²) in [6, 6.07) is 0. The fraction of sp³-hybridized carbons (Fsp3) is 1.00. The third-order valence-corrected chi connectivity index (χ3v) is 5.26. The molecule has 0 rings (SSSR count). The van der Waals surface area contributed by atoms with Crippen LogP contribution in [0.4, 0.5) is 0 Å². The molecule has 0 unspecified atom stereocenters. The highest BCUT2D eigenvalue weighted by atomic mass is 16.5. The van der Waals surface area contributed by atoms with Gasteiger partial charge in [-0.15, -0.1) is 0 Å². The van der Waals surface area contributed by atoms with Crippen LogP contribution in [0.5, 0.6) is 0 Å². The molecule has 0 aliphatic rings. The SMILES string of the molecule is CCCCCCCCCCCCCCCCOC[C@@H](O)[C@H](O)[C@H](O)[C@@H](O)CO. The maximum atomic E-state index is 9.72. The van der Waals surface area contributed by atoms with Crippen LogP contribution in [0.3, 0.4) is 0 Å². The summed E-state index contributed by atoms with van der Waals surface area (Å²) in [4.78, 5) is 0. The summed E-state index contributed by atoms with van der Waals surface area (Å²) < 4.78 is 5.32. The Morgan fingerprint density at radius 3 is 1.39 bits per heavy atom. The second kappa shape index (κ2) is 20.0. The van der Waals surface area contributed by atoms with Crippen molar-refractivity contribution in [1.82, 2.24) is 0 Å². The van der Waals surface area contributed by atoms with Crippen molar-refractivity contribution in [2.75, 3.05) is 19.8 Å². The lowest BCUT2D eigenvalue weighted by atomic mass is 10.0. The summed E-state index contributed by atoms with van der Waals surface area (Å²) in [5.41, 5.74) is 0. The minimum Gasteiger partial charge on any atom is -0.394 e. The smallest absolute Gasteiger partial charge is 0.111 e. The summed E-state index contributed by atoms with van der Waals surface area (Å²) in [6.07, 6.45) is 12.2. The Morgan fingerprint density at radius 2 is 0.964 bits per heavy atom. The molecule has 0 aromatic carbocycles. The molecule has 4 atom stereocenters. The highest BCUT2D eigenvalue weighted by Crippen LogP contribution is 2.13. The van der Waals surface area contributed by atoms with Crippen LogP contribution < -0.4 is 0 Å². The first kappa shape index (κ1) is 27.8. The normalized spacial score (nSPS) is 16.1. The molecule has 0 fully saturated rings. The van der Waals surface area contributed by atoms with Gasteiger partial charge in [0.25, 0.3) is 0 Å². The Bertz CT molecular complexity index is 315. The average Bonchev–Trinajstić information content (AvgIpc) is 2.71. The zero-order valence-electron chi connectivity index (χ0n) is 18.0. The van der Waals surface area contributed by atoms with E-state index < -0.39 is 31.0 Å². The predicted molar refractivity (Wildman–Crippen MR) is 112 cm³/mol. The second-order valence-electron chi connectivity index (χ2n) is 7.97. The van der Waals surface area contributed by atoms with E-state index in [0.717, 1.165) is 12.8 Å². The van der Waals surface area contributed by atoms with Gasteiger partial charge in [0.1, 0.15) is 24.4 Å². The molecule has 28 heavy (non-hydrogen) atoms. The quantitative estimate of drug-likeness (QED) is 0.187. The topological polar surface area (TPSA) is 110 Å². The number of hydrogen-bond donors (Lipinski definition) is 5. The van der Waals surface area contributed by atoms with E-state index in [2.05, 4.69) is 6.92 Å². The van der Waals surface area contributed by atoms with E-state index in [1.54, 1.807) is 0 Å². The first-order valence-corrected chi connectivity index (χ1v) is 11.4. The van der Waals surface area contributed by atoms with Gasteiger partial charge in [-0.25, -0.2) is 0 Å². The van der Waals surface area contributed by atoms with Crippen molar-refractivity contribution < 1.29 is 30.3 Å². The minimum absolute atomic E-state index is 0.102. The molecule has 6 nitrogen and oxygen atoms in total. The summed E-state index contributed by atoms with van der Waals surface area (Å²) in [5.74, 6) is 0. The summed E-state index contributed by atoms with van der Waals surface area (Å²) >= 11 is 0. The van der Waals surface area contributed by atoms with Crippen LogP contribution in [0.1, 0.15) is 96.8 Å². The van der Waals surface area contributed by atoms with E-state index in [0.29, 0.717) is 6.61 Å². The van der Waals surface area contributed by atoms with Gasteiger partial charge in [0.05, 0.1) is 13.2 Å². The molecule has 0 saturated carbocycles. The molecule has 0 saturated heterocycles. The van der Waals surface area contributed by atoms with Gasteiger partial charge < -0.3 is 30.3 Å². The molecule has 0 aliphatic carbocycles. The van der Waals surface area contributed by atoms with Crippen LogP contribution >= 0.6 is 0 Å². The van der Waals surface area contributed by atoms with E-state index in [9.17, 15) is 20.4 Å². The Morgan fingerprint density at radius 1 is 0.571 bits per heavy atom. The van der Waals surface area contributed by atoms with E-state index in [1.165, 1.54) is 77.0 Å². The monoisotopic (exact) mass is 406 g/mol. The highest BCUT2D eigenvalue weighted by Gasteiger charge is 2.29. The standard InChI is InChI=1S/C22H46O6/c1-2-3-4-5-6-7-8-9-10-11-12-13-14-15-16-28-18-20(25)22(27)21(26)19(24)17-23/h19-27H,2-18H2,1H3/t19-,20+,21+,22-/m0/s1. The van der Waals surface area contributed by atoms with Crippen LogP contribution in [0.25, 0.3) is 0 Å². The van der Waals surface area contributed by atoms with E-state index in [4.69, 9.17) is 9.84 Å². The van der Waals surface area contributed by atoms with Gasteiger partial charge in [-0.05, 0) is 6.42 Å². The molecule has 170 valence electrons. The van der Waals surface area contributed by atoms with Gasteiger partial charge in [0.15, 0.2) is 0 Å². The molecule has 5 N–H and O–H groups in total. The van der Waals surface area contributed by atoms with E-state index in [1.807, 2.05) is 0 Å². The number of hydrogen-bond acceptors (Lipinski definition) is 6. The molecular weight excluding hydrogens is 360 g/mol. The predicted octanol–water partition coefficient (Wildman–Crippen LogP) is 2.92. The lowest BCUT2D eigenvalue weighted by Gasteiger charge is -2.25. The molecule has 0 radical (unpaired) electrons. The minimum atomic E-state index is -1.59. The Labute approximate surface area is 171 Å². The lowest BCUT2D eigenvalue weighted by Crippen LogP contribution is -2.47. The van der Waals surface area contributed by atoms with Crippen molar-refractivity contribution in [2.45, 2.75) is 121 Å². The molecule has 6 heteroatoms. The Balaban J connectivity index is 3.33. The van der Waals surface area contributed by atoms with Crippen molar-refractivity contribution >= 4 is 0 Å². The molecule has 0 spiro atoms. The Kier molecular flexibility index (Phi) is 19.9. The highest BCUT2D eigenvalue weighted by molar-refractivity contribution is 4.80. The number of ether oxygens (including phenoxy) is 1. The van der Waals surface area contributed by atoms with Crippen LogP contribution in [0.2, 0.25) is 0 Å². The van der Waals surface area contributed by atoms with Crippen molar-refractivity contribution in [2.24, 2.45) is 0 Å². The van der Waals surface area contributed by atoms with Crippen LogP contribution in [-0.2, 0) is 4.74 Å². The molecule has 0 bridgehead atoms. The Hall–Kier alpha value is -0.240. The van der Waals surface area contributed by atoms with Gasteiger partial charge in [-0.1, -0.05) is 90.4 Å². The van der Waals surface area contributed by atoms with Gasteiger partial charge in [0.2, 0.25) is 0 Å². The van der Waals surface area contributed by atoms with Crippen molar-refractivity contribution in [3.05, 3.63) is 0 Å². The first-order chi connectivity index (χ1) is 13.5. The maximum Gasteiger partial charge on any atom is 0.111 e. The fourth-order valence-corrected chi connectivity index (χ4v) is 3.26. The van der Waals surface area contributed by atoms with E-state index in [-0.39, 0.29) is 6.61 Å². The lowest BCUT2D eigenvalue weighted by molar-refractivity contribution is -0.129. The van der Waals surface area contributed by atoms with Crippen LogP contribution in [0.15, 0.2) is 0 Å². The summed E-state index contributed by atoms with van der Waals surface area (Å²) in [5, 5.41) is 46.9. The number of unbranched alkanes of at least 4 members (excludes halogenated alkanes) is 13. The maximum absolute atomic E-state index is 9.72. The zero-order valence-corrected chi connectivity index (χ0v) is 18.0. The largest absolute Gasteiger partial charge is 0.394 e. The van der Waals surface area contributed by atoms with Gasteiger partial charge in [-0.3, -0.25) is 0 Å². The summed E-state index contributed by atoms with van der Waals surface area (Å²) in [6.45, 7) is 1.98. The van der Waals surface area contributed by atoms with Gasteiger partial charge in [-0.2, -0.15) is 0 Å². The van der Waals surface area contributed by atoms with Gasteiger partial charge in [0, 0.05) is 6.61 Å². The molecule has 0 aromatic heterocycles. The molecule has 0 heterocycles. The van der Waals surface area contributed by atoms with Crippen molar-refractivity contribution in [1.29, 1.82) is 0 Å². The number of rotatable bonds is 21. The third-order valence-electron chi connectivity index (χ3n) is 5.26. The van der Waals surface area contributed by atoms with Crippen molar-refractivity contribution in [3.63, 3.8) is 0 Å². The zero-order chi connectivity index (χ0) is 21.0. The average molecular weight is 407 g/mol. The number of aliphatic hydroxyl groups is 5. The van der Waals surface area contributed by atoms with Crippen molar-refractivity contribution in [3.8, 4) is 0 Å². The molecule has 0 amide bonds. The van der Waals surface area contributed by atoms with Crippen LogP contribution in [0, 0.1) is 0 Å². The molecule has 0 aromatic rings. The van der Waals surface area contributed by atoms with Crippen LogP contribution in [-0.4, -0.2) is 69.8 Å². The number of aliphatic hydroxyl groups excluding tert-OH is 5. The summed E-state index contributed by atoms with van der Waals surface area (Å²) in [7, 11) is 0.